The summed E-state index contributed by atoms with van der Waals surface area (Å²) in [7, 11) is 0. The molecule has 0 saturated heterocycles. The second-order valence-electron chi connectivity index (χ2n) is 8.31. The molecule has 166 valence electrons. The van der Waals surface area contributed by atoms with Gasteiger partial charge in [0.15, 0.2) is 0 Å². The largest absolute Gasteiger partial charge is 0.423 e. The van der Waals surface area contributed by atoms with Crippen molar-refractivity contribution in [3.63, 3.8) is 0 Å². The third kappa shape index (κ3) is 5.74. The van der Waals surface area contributed by atoms with Crippen LogP contribution in [0.4, 0.5) is 0 Å². The summed E-state index contributed by atoms with van der Waals surface area (Å²) in [6.45, 7) is 9.61. The van der Waals surface area contributed by atoms with Crippen LogP contribution in [0.5, 0.6) is 5.75 Å². The van der Waals surface area contributed by atoms with Crippen molar-refractivity contribution in [2.45, 2.75) is 46.5 Å². The highest BCUT2D eigenvalue weighted by atomic mass is 16.5. The van der Waals surface area contributed by atoms with Crippen molar-refractivity contribution >= 4 is 5.97 Å². The van der Waals surface area contributed by atoms with E-state index in [-0.39, 0.29) is 5.57 Å². The van der Waals surface area contributed by atoms with Crippen LogP contribution in [0.25, 0.3) is 22.3 Å². The first-order valence-electron chi connectivity index (χ1n) is 11.2. The molecule has 0 bridgehead atoms. The fourth-order valence-electron chi connectivity index (χ4n) is 3.89. The molecule has 1 N–H and O–H groups in total. The molecule has 0 spiro atoms. The summed E-state index contributed by atoms with van der Waals surface area (Å²) in [5, 5.41) is 8.99. The monoisotopic (exact) mass is 428 g/mol. The number of esters is 1. The fraction of sp³-hybridized carbons (Fsp3) is 0.276. The molecule has 3 nitrogen and oxygen atoms in total. The van der Waals surface area contributed by atoms with E-state index in [0.29, 0.717) is 5.75 Å². The van der Waals surface area contributed by atoms with Gasteiger partial charge in [0.2, 0.25) is 0 Å². The normalized spacial score (nSPS) is 10.8. The van der Waals surface area contributed by atoms with Crippen molar-refractivity contribution in [1.82, 2.24) is 0 Å². The predicted molar refractivity (Wildman–Crippen MR) is 132 cm³/mol. The first kappa shape index (κ1) is 23.5. The number of carbonyl (C=O) groups excluding carboxylic acids is 1. The average molecular weight is 429 g/mol. The van der Waals surface area contributed by atoms with Crippen molar-refractivity contribution in [2.75, 3.05) is 6.61 Å². The second kappa shape index (κ2) is 10.9. The summed E-state index contributed by atoms with van der Waals surface area (Å²) in [6, 6.07) is 20.7. The van der Waals surface area contributed by atoms with Crippen LogP contribution in [0, 0.1) is 13.8 Å². The molecule has 0 fully saturated rings. The highest BCUT2D eigenvalue weighted by Crippen LogP contribution is 2.31. The van der Waals surface area contributed by atoms with Crippen LogP contribution in [-0.2, 0) is 11.2 Å². The van der Waals surface area contributed by atoms with E-state index < -0.39 is 12.6 Å². The van der Waals surface area contributed by atoms with Gasteiger partial charge < -0.3 is 9.84 Å². The van der Waals surface area contributed by atoms with Gasteiger partial charge in [0.1, 0.15) is 5.75 Å². The van der Waals surface area contributed by atoms with Gasteiger partial charge in [0.25, 0.3) is 0 Å². The van der Waals surface area contributed by atoms with Crippen LogP contribution in [0.15, 0.2) is 72.8 Å². The molecule has 0 radical (unpaired) electrons. The van der Waals surface area contributed by atoms with Gasteiger partial charge in [0, 0.05) is 0 Å². The minimum Gasteiger partial charge on any atom is -0.423 e. The number of rotatable bonds is 9. The number of ether oxygens (including phenoxy) is 1. The molecule has 0 atom stereocenters. The number of unbranched alkanes of at least 4 members (excludes halogenated alkanes) is 2. The number of aryl methyl sites for hydroxylation is 3. The highest BCUT2D eigenvalue weighted by molar-refractivity contribution is 5.89. The minimum atomic E-state index is -0.618. The number of aliphatic hydroxyl groups is 1. The highest BCUT2D eigenvalue weighted by Gasteiger charge is 2.10. The van der Waals surface area contributed by atoms with E-state index in [9.17, 15) is 4.79 Å². The molecule has 3 rings (SSSR count). The van der Waals surface area contributed by atoms with Gasteiger partial charge in [-0.2, -0.15) is 0 Å². The van der Waals surface area contributed by atoms with Crippen molar-refractivity contribution in [2.24, 2.45) is 0 Å². The molecule has 0 amide bonds. The molecule has 3 heteroatoms. The average Bonchev–Trinajstić information content (AvgIpc) is 2.79. The quantitative estimate of drug-likeness (QED) is 0.176. The number of carbonyl (C=O) groups is 1. The van der Waals surface area contributed by atoms with E-state index in [1.807, 2.05) is 12.1 Å². The van der Waals surface area contributed by atoms with Gasteiger partial charge in [-0.05, 0) is 77.8 Å². The topological polar surface area (TPSA) is 46.5 Å². The number of hydrogen-bond donors (Lipinski definition) is 1. The molecule has 3 aromatic carbocycles. The lowest BCUT2D eigenvalue weighted by Crippen LogP contribution is -2.12. The lowest BCUT2D eigenvalue weighted by Gasteiger charge is -2.13. The first-order chi connectivity index (χ1) is 15.4. The summed E-state index contributed by atoms with van der Waals surface area (Å²) in [6.07, 6.45) is 4.92. The second-order valence-corrected chi connectivity index (χ2v) is 8.31. The molecule has 0 aliphatic rings. The van der Waals surface area contributed by atoms with Crippen LogP contribution in [0.2, 0.25) is 0 Å². The zero-order valence-corrected chi connectivity index (χ0v) is 19.3. The molecule has 3 aromatic rings. The Kier molecular flexibility index (Phi) is 8.02. The van der Waals surface area contributed by atoms with Crippen molar-refractivity contribution in [3.8, 4) is 28.0 Å². The molecule has 0 aliphatic heterocycles. The Labute approximate surface area is 191 Å². The predicted octanol–water partition coefficient (Wildman–Crippen LogP) is 6.82. The minimum absolute atomic E-state index is 0.0322. The Morgan fingerprint density at radius 1 is 0.875 bits per heavy atom. The van der Waals surface area contributed by atoms with Crippen molar-refractivity contribution < 1.29 is 14.6 Å². The van der Waals surface area contributed by atoms with Gasteiger partial charge >= 0.3 is 5.97 Å². The van der Waals surface area contributed by atoms with Gasteiger partial charge in [0.05, 0.1) is 12.2 Å². The van der Waals surface area contributed by atoms with Gasteiger partial charge in [-0.15, -0.1) is 0 Å². The maximum atomic E-state index is 11.8. The van der Waals surface area contributed by atoms with E-state index in [4.69, 9.17) is 9.84 Å². The van der Waals surface area contributed by atoms with E-state index in [1.54, 1.807) is 12.1 Å². The summed E-state index contributed by atoms with van der Waals surface area (Å²) in [5.41, 5.74) is 8.62. The Balaban J connectivity index is 1.77. The van der Waals surface area contributed by atoms with E-state index >= 15 is 0 Å². The van der Waals surface area contributed by atoms with Crippen LogP contribution in [0.3, 0.4) is 0 Å². The van der Waals surface area contributed by atoms with E-state index in [2.05, 4.69) is 63.7 Å². The molecule has 0 heterocycles. The summed E-state index contributed by atoms with van der Waals surface area (Å²) in [5.74, 6) is -0.190. The number of hydrogen-bond acceptors (Lipinski definition) is 3. The SMILES string of the molecule is C=C(CO)C(=O)Oc1ccc(-c2ccc(-c3ccc(CCCCC)cc3C)cc2C)cc1. The lowest BCUT2D eigenvalue weighted by molar-refractivity contribution is -0.130. The maximum absolute atomic E-state index is 11.8. The Morgan fingerprint density at radius 2 is 1.50 bits per heavy atom. The third-order valence-corrected chi connectivity index (χ3v) is 5.75. The van der Waals surface area contributed by atoms with Gasteiger partial charge in [-0.1, -0.05) is 74.9 Å². The molecule has 0 aliphatic carbocycles. The van der Waals surface area contributed by atoms with Crippen molar-refractivity contribution in [1.29, 1.82) is 0 Å². The van der Waals surface area contributed by atoms with E-state index in [0.717, 1.165) is 17.5 Å². The Hall–Kier alpha value is -3.17. The molecule has 0 aromatic heterocycles. The molecular formula is C29H32O3. The number of benzene rings is 3. The molecular weight excluding hydrogens is 396 g/mol. The van der Waals surface area contributed by atoms with E-state index in [1.165, 1.54) is 47.1 Å². The lowest BCUT2D eigenvalue weighted by atomic mass is 9.92. The van der Waals surface area contributed by atoms with Gasteiger partial charge in [-0.25, -0.2) is 4.79 Å². The van der Waals surface area contributed by atoms with Crippen LogP contribution >= 0.6 is 0 Å². The zero-order chi connectivity index (χ0) is 23.1. The summed E-state index contributed by atoms with van der Waals surface area (Å²) in [4.78, 5) is 11.8. The molecule has 0 saturated carbocycles. The Morgan fingerprint density at radius 3 is 2.12 bits per heavy atom. The number of aliphatic hydroxyl groups excluding tert-OH is 1. The molecule has 32 heavy (non-hydrogen) atoms. The van der Waals surface area contributed by atoms with Crippen LogP contribution in [0.1, 0.15) is 42.9 Å². The third-order valence-electron chi connectivity index (χ3n) is 5.75. The van der Waals surface area contributed by atoms with Crippen LogP contribution < -0.4 is 4.74 Å². The van der Waals surface area contributed by atoms with Gasteiger partial charge in [-0.3, -0.25) is 0 Å². The fourth-order valence-corrected chi connectivity index (χ4v) is 3.89. The first-order valence-corrected chi connectivity index (χ1v) is 11.2. The summed E-state index contributed by atoms with van der Waals surface area (Å²) >= 11 is 0. The standard InChI is InChI=1S/C29H32O3/c1-5-6-7-8-23-9-15-28(20(2)17-23)25-12-16-27(21(3)18-25)24-10-13-26(14-11-24)32-29(31)22(4)19-30/h9-18,30H,4-8,19H2,1-3H3. The van der Waals surface area contributed by atoms with Crippen LogP contribution in [-0.4, -0.2) is 17.7 Å². The van der Waals surface area contributed by atoms with Crippen molar-refractivity contribution in [3.05, 3.63) is 89.5 Å². The maximum Gasteiger partial charge on any atom is 0.341 e. The summed E-state index contributed by atoms with van der Waals surface area (Å²) < 4.78 is 5.22. The zero-order valence-electron chi connectivity index (χ0n) is 19.3. The molecule has 0 unspecified atom stereocenters. The smallest absolute Gasteiger partial charge is 0.341 e. The Bertz CT molecular complexity index is 1090.